The molecule has 0 aliphatic carbocycles. The lowest BCUT2D eigenvalue weighted by atomic mass is 10.1. The van der Waals surface area contributed by atoms with Crippen LogP contribution in [0.5, 0.6) is 0 Å². The van der Waals surface area contributed by atoms with Gasteiger partial charge in [-0.3, -0.25) is 4.79 Å². The van der Waals surface area contributed by atoms with E-state index in [9.17, 15) is 4.79 Å². The molecule has 0 saturated carbocycles. The quantitative estimate of drug-likeness (QED) is 0.799. The van der Waals surface area contributed by atoms with Crippen molar-refractivity contribution < 1.29 is 4.79 Å². The summed E-state index contributed by atoms with van der Waals surface area (Å²) in [5.74, 6) is 1.45. The maximum absolute atomic E-state index is 12.2. The standard InChI is InChI=1S/C14H17NOS/c1-10-3-2-4-11(5-10)6-14(16)15-8-13-7-12(15)9-17-13/h2-5,12-13H,6-9H2,1H3. The molecule has 1 aromatic carbocycles. The largest absolute Gasteiger partial charge is 0.337 e. The molecule has 90 valence electrons. The predicted octanol–water partition coefficient (Wildman–Crippen LogP) is 2.25. The first kappa shape index (κ1) is 11.1. The number of thioether (sulfide) groups is 1. The molecule has 1 aromatic rings. The lowest BCUT2D eigenvalue weighted by Gasteiger charge is -2.26. The van der Waals surface area contributed by atoms with Crippen LogP contribution in [0.4, 0.5) is 0 Å². The minimum atomic E-state index is 0.309. The van der Waals surface area contributed by atoms with Crippen molar-refractivity contribution in [3.05, 3.63) is 35.4 Å². The van der Waals surface area contributed by atoms with Gasteiger partial charge in [-0.1, -0.05) is 29.8 Å². The van der Waals surface area contributed by atoms with Gasteiger partial charge in [0.15, 0.2) is 0 Å². The lowest BCUT2D eigenvalue weighted by molar-refractivity contribution is -0.130. The van der Waals surface area contributed by atoms with Crippen LogP contribution in [0.25, 0.3) is 0 Å². The number of benzene rings is 1. The Morgan fingerprint density at radius 3 is 3.06 bits per heavy atom. The van der Waals surface area contributed by atoms with Gasteiger partial charge in [0.25, 0.3) is 0 Å². The number of likely N-dealkylation sites (tertiary alicyclic amines) is 1. The van der Waals surface area contributed by atoms with E-state index in [0.29, 0.717) is 23.6 Å². The minimum absolute atomic E-state index is 0.309. The summed E-state index contributed by atoms with van der Waals surface area (Å²) in [4.78, 5) is 14.3. The van der Waals surface area contributed by atoms with Crippen LogP contribution in [0.1, 0.15) is 17.5 Å². The second-order valence-corrected chi connectivity index (χ2v) is 6.39. The number of hydrogen-bond acceptors (Lipinski definition) is 2. The Balaban J connectivity index is 1.68. The third-order valence-corrected chi connectivity index (χ3v) is 5.05. The van der Waals surface area contributed by atoms with Crippen LogP contribution in [0, 0.1) is 6.92 Å². The number of aryl methyl sites for hydroxylation is 1. The first-order chi connectivity index (χ1) is 8.22. The summed E-state index contributed by atoms with van der Waals surface area (Å²) >= 11 is 2.03. The van der Waals surface area contributed by atoms with Crippen molar-refractivity contribution in [3.63, 3.8) is 0 Å². The van der Waals surface area contributed by atoms with Crippen molar-refractivity contribution in [1.82, 2.24) is 4.90 Å². The molecule has 2 heterocycles. The highest BCUT2D eigenvalue weighted by molar-refractivity contribution is 8.00. The zero-order valence-electron chi connectivity index (χ0n) is 10.1. The third-order valence-electron chi connectivity index (χ3n) is 3.66. The van der Waals surface area contributed by atoms with Crippen LogP contribution in [-0.4, -0.2) is 34.4 Å². The Hall–Kier alpha value is -0.960. The van der Waals surface area contributed by atoms with Gasteiger partial charge >= 0.3 is 0 Å². The van der Waals surface area contributed by atoms with E-state index in [4.69, 9.17) is 0 Å². The molecule has 0 radical (unpaired) electrons. The predicted molar refractivity (Wildman–Crippen MR) is 71.2 cm³/mol. The number of amides is 1. The van der Waals surface area contributed by atoms with Gasteiger partial charge in [0.05, 0.1) is 6.42 Å². The molecule has 2 nitrogen and oxygen atoms in total. The number of rotatable bonds is 2. The van der Waals surface area contributed by atoms with E-state index in [1.165, 1.54) is 12.0 Å². The molecule has 2 aliphatic rings. The van der Waals surface area contributed by atoms with Gasteiger partial charge in [-0.2, -0.15) is 11.8 Å². The van der Waals surface area contributed by atoms with E-state index in [1.807, 2.05) is 23.9 Å². The van der Waals surface area contributed by atoms with Gasteiger partial charge < -0.3 is 4.90 Å². The molecule has 0 spiro atoms. The maximum Gasteiger partial charge on any atom is 0.227 e. The van der Waals surface area contributed by atoms with Crippen molar-refractivity contribution in [2.75, 3.05) is 12.3 Å². The third kappa shape index (κ3) is 2.21. The Labute approximate surface area is 106 Å². The van der Waals surface area contributed by atoms with Crippen molar-refractivity contribution in [1.29, 1.82) is 0 Å². The van der Waals surface area contributed by atoms with E-state index in [2.05, 4.69) is 24.0 Å². The van der Waals surface area contributed by atoms with Crippen LogP contribution in [0.2, 0.25) is 0 Å². The molecule has 3 rings (SSSR count). The van der Waals surface area contributed by atoms with E-state index in [1.54, 1.807) is 0 Å². The first-order valence-electron chi connectivity index (χ1n) is 6.19. The first-order valence-corrected chi connectivity index (χ1v) is 7.24. The molecule has 2 saturated heterocycles. The van der Waals surface area contributed by atoms with Gasteiger partial charge in [-0.25, -0.2) is 0 Å². The smallest absolute Gasteiger partial charge is 0.227 e. The Bertz CT molecular complexity index is 446. The van der Waals surface area contributed by atoms with Crippen molar-refractivity contribution in [3.8, 4) is 0 Å². The van der Waals surface area contributed by atoms with Gasteiger partial charge in [-0.15, -0.1) is 0 Å². The monoisotopic (exact) mass is 247 g/mol. The molecule has 0 N–H and O–H groups in total. The molecule has 17 heavy (non-hydrogen) atoms. The summed E-state index contributed by atoms with van der Waals surface area (Å²) in [5.41, 5.74) is 2.37. The number of fused-ring (bicyclic) bond motifs is 2. The van der Waals surface area contributed by atoms with Crippen LogP contribution >= 0.6 is 11.8 Å². The SMILES string of the molecule is Cc1cccc(CC(=O)N2CC3CC2CS3)c1. The molecule has 0 aromatic heterocycles. The number of nitrogens with zero attached hydrogens (tertiary/aromatic N) is 1. The molecule has 2 atom stereocenters. The van der Waals surface area contributed by atoms with Gasteiger partial charge in [0, 0.05) is 23.6 Å². The second kappa shape index (κ2) is 4.37. The summed E-state index contributed by atoms with van der Waals surface area (Å²) in [6.45, 7) is 3.04. The van der Waals surface area contributed by atoms with E-state index >= 15 is 0 Å². The summed E-state index contributed by atoms with van der Waals surface area (Å²) in [7, 11) is 0. The highest BCUT2D eigenvalue weighted by Crippen LogP contribution is 2.37. The molecule has 2 unspecified atom stereocenters. The zero-order chi connectivity index (χ0) is 11.8. The average molecular weight is 247 g/mol. The molecule has 2 bridgehead atoms. The summed E-state index contributed by atoms with van der Waals surface area (Å²) in [6.07, 6.45) is 1.78. The zero-order valence-corrected chi connectivity index (χ0v) is 10.9. The van der Waals surface area contributed by atoms with Gasteiger partial charge in [0.2, 0.25) is 5.91 Å². The van der Waals surface area contributed by atoms with Crippen molar-refractivity contribution in [2.45, 2.75) is 31.1 Å². The highest BCUT2D eigenvalue weighted by atomic mass is 32.2. The molecule has 1 amide bonds. The van der Waals surface area contributed by atoms with Crippen LogP contribution < -0.4 is 0 Å². The topological polar surface area (TPSA) is 20.3 Å². The average Bonchev–Trinajstić information content (AvgIpc) is 2.90. The molecular formula is C14H17NOS. The normalized spacial score (nSPS) is 26.5. The number of carbonyl (C=O) groups is 1. The summed E-state index contributed by atoms with van der Waals surface area (Å²) < 4.78 is 0. The second-order valence-electron chi connectivity index (χ2n) is 5.06. The van der Waals surface area contributed by atoms with Crippen LogP contribution in [-0.2, 0) is 11.2 Å². The van der Waals surface area contributed by atoms with Crippen molar-refractivity contribution >= 4 is 17.7 Å². The molecular weight excluding hydrogens is 230 g/mol. The van der Waals surface area contributed by atoms with Gasteiger partial charge in [-0.05, 0) is 18.9 Å². The Morgan fingerprint density at radius 2 is 2.41 bits per heavy atom. The number of hydrogen-bond donors (Lipinski definition) is 0. The fourth-order valence-corrected chi connectivity index (χ4v) is 4.24. The van der Waals surface area contributed by atoms with Crippen LogP contribution in [0.3, 0.4) is 0 Å². The minimum Gasteiger partial charge on any atom is -0.337 e. The Kier molecular flexibility index (Phi) is 2.87. The summed E-state index contributed by atoms with van der Waals surface area (Å²) in [6, 6.07) is 8.78. The van der Waals surface area contributed by atoms with Gasteiger partial charge in [0.1, 0.15) is 0 Å². The Morgan fingerprint density at radius 1 is 1.53 bits per heavy atom. The lowest BCUT2D eigenvalue weighted by Crippen LogP contribution is -2.40. The van der Waals surface area contributed by atoms with Crippen molar-refractivity contribution in [2.24, 2.45) is 0 Å². The molecule has 3 heteroatoms. The van der Waals surface area contributed by atoms with E-state index < -0.39 is 0 Å². The maximum atomic E-state index is 12.2. The van der Waals surface area contributed by atoms with E-state index in [-0.39, 0.29) is 0 Å². The summed E-state index contributed by atoms with van der Waals surface area (Å²) in [5, 5.41) is 0.710. The molecule has 2 aliphatic heterocycles. The fourth-order valence-electron chi connectivity index (χ4n) is 2.80. The van der Waals surface area contributed by atoms with Crippen LogP contribution in [0.15, 0.2) is 24.3 Å². The number of carbonyl (C=O) groups excluding carboxylic acids is 1. The van der Waals surface area contributed by atoms with E-state index in [0.717, 1.165) is 17.9 Å². The highest BCUT2D eigenvalue weighted by Gasteiger charge is 2.40. The fraction of sp³-hybridized carbons (Fsp3) is 0.500. The molecule has 2 fully saturated rings.